The molecule has 38 heavy (non-hydrogen) atoms. The molecule has 0 fully saturated rings. The number of nitrogens with one attached hydrogen (secondary N) is 1. The molecule has 6 nitrogen and oxygen atoms in total. The molecule has 6 heteroatoms. The fraction of sp³-hybridized carbons (Fsp3) is 0.406. The van der Waals surface area contributed by atoms with Crippen LogP contribution in [0.2, 0.25) is 0 Å². The van der Waals surface area contributed by atoms with Crippen molar-refractivity contribution in [3.05, 3.63) is 71.8 Å². The third kappa shape index (κ3) is 6.80. The van der Waals surface area contributed by atoms with Crippen LogP contribution in [0.15, 0.2) is 55.0 Å². The maximum Gasteiger partial charge on any atom is 0.145 e. The van der Waals surface area contributed by atoms with Crippen molar-refractivity contribution in [3.63, 3.8) is 0 Å². The first-order chi connectivity index (χ1) is 18.4. The van der Waals surface area contributed by atoms with Crippen LogP contribution in [0.25, 0.3) is 10.9 Å². The van der Waals surface area contributed by atoms with Gasteiger partial charge in [-0.3, -0.25) is 4.98 Å². The second kappa shape index (κ2) is 12.7. The van der Waals surface area contributed by atoms with Crippen LogP contribution in [-0.2, 0) is 6.42 Å². The van der Waals surface area contributed by atoms with Crippen molar-refractivity contribution in [2.75, 3.05) is 11.9 Å². The summed E-state index contributed by atoms with van der Waals surface area (Å²) in [7, 11) is 0. The van der Waals surface area contributed by atoms with Gasteiger partial charge in [-0.1, -0.05) is 46.6 Å². The van der Waals surface area contributed by atoms with E-state index in [0.29, 0.717) is 24.2 Å². The molecule has 0 aliphatic heterocycles. The molecule has 2 unspecified atom stereocenters. The monoisotopic (exact) mass is 512 g/mol. The highest BCUT2D eigenvalue weighted by Crippen LogP contribution is 2.37. The van der Waals surface area contributed by atoms with Crippen LogP contribution >= 0.6 is 0 Å². The van der Waals surface area contributed by atoms with Crippen LogP contribution in [0, 0.1) is 25.7 Å². The molecule has 4 aromatic rings. The quantitative estimate of drug-likeness (QED) is 0.205. The molecule has 0 saturated carbocycles. The Labute approximate surface area is 226 Å². The van der Waals surface area contributed by atoms with Gasteiger partial charge in [0, 0.05) is 11.4 Å². The summed E-state index contributed by atoms with van der Waals surface area (Å²) in [6.45, 7) is 13.7. The van der Waals surface area contributed by atoms with E-state index in [1.807, 2.05) is 38.1 Å². The molecule has 2 atom stereocenters. The largest absolute Gasteiger partial charge is 0.492 e. The van der Waals surface area contributed by atoms with Crippen LogP contribution < -0.4 is 14.8 Å². The Kier molecular flexibility index (Phi) is 9.16. The molecule has 0 aliphatic rings. The highest BCUT2D eigenvalue weighted by molar-refractivity contribution is 5.96. The SMILES string of the molecule is CCCc1ccc2ncnc(Nc3ccc(Oc4ccc(C)nc4)c(C)c3)c2c1OCC(C)CC(C)CC. The van der Waals surface area contributed by atoms with Gasteiger partial charge in [0.1, 0.15) is 29.4 Å². The van der Waals surface area contributed by atoms with Crippen LogP contribution in [0.3, 0.4) is 0 Å². The highest BCUT2D eigenvalue weighted by atomic mass is 16.5. The second-order valence-electron chi connectivity index (χ2n) is 10.4. The Hall–Kier alpha value is -3.67. The number of rotatable bonds is 12. The van der Waals surface area contributed by atoms with E-state index < -0.39 is 0 Å². The Morgan fingerprint density at radius 1 is 0.921 bits per heavy atom. The lowest BCUT2D eigenvalue weighted by molar-refractivity contribution is 0.235. The average Bonchev–Trinajstić information content (AvgIpc) is 2.91. The molecule has 1 N–H and O–H groups in total. The number of hydrogen-bond acceptors (Lipinski definition) is 6. The summed E-state index contributed by atoms with van der Waals surface area (Å²) in [6, 6.07) is 14.1. The van der Waals surface area contributed by atoms with Crippen molar-refractivity contribution in [2.24, 2.45) is 11.8 Å². The van der Waals surface area contributed by atoms with Gasteiger partial charge in [-0.15, -0.1) is 0 Å². The third-order valence-corrected chi connectivity index (χ3v) is 6.92. The summed E-state index contributed by atoms with van der Waals surface area (Å²) < 4.78 is 12.6. The summed E-state index contributed by atoms with van der Waals surface area (Å²) in [5.41, 5.74) is 4.96. The third-order valence-electron chi connectivity index (χ3n) is 6.92. The maximum absolute atomic E-state index is 6.56. The molecule has 0 bridgehead atoms. The zero-order chi connectivity index (χ0) is 27.1. The van der Waals surface area contributed by atoms with E-state index in [9.17, 15) is 0 Å². The van der Waals surface area contributed by atoms with Gasteiger partial charge in [-0.2, -0.15) is 0 Å². The van der Waals surface area contributed by atoms with Crippen LogP contribution in [0.4, 0.5) is 11.5 Å². The van der Waals surface area contributed by atoms with Gasteiger partial charge in [0.15, 0.2) is 0 Å². The summed E-state index contributed by atoms with van der Waals surface area (Å²) >= 11 is 0. The molecule has 200 valence electrons. The first-order valence-electron chi connectivity index (χ1n) is 13.8. The van der Waals surface area contributed by atoms with E-state index in [-0.39, 0.29) is 0 Å². The van der Waals surface area contributed by atoms with Gasteiger partial charge in [0.2, 0.25) is 0 Å². The Bertz CT molecular complexity index is 1350. The molecule has 0 radical (unpaired) electrons. The van der Waals surface area contributed by atoms with Crippen molar-refractivity contribution in [3.8, 4) is 17.2 Å². The lowest BCUT2D eigenvalue weighted by atomic mass is 9.96. The fourth-order valence-electron chi connectivity index (χ4n) is 4.66. The van der Waals surface area contributed by atoms with Gasteiger partial charge in [-0.05, 0) is 86.1 Å². The summed E-state index contributed by atoms with van der Waals surface area (Å²) in [6.07, 6.45) is 7.67. The van der Waals surface area contributed by atoms with Crippen LogP contribution in [0.1, 0.15) is 63.8 Å². The van der Waals surface area contributed by atoms with Crippen molar-refractivity contribution < 1.29 is 9.47 Å². The maximum atomic E-state index is 6.56. The van der Waals surface area contributed by atoms with Crippen molar-refractivity contribution >= 4 is 22.4 Å². The molecule has 2 aromatic heterocycles. The van der Waals surface area contributed by atoms with Crippen LogP contribution in [0.5, 0.6) is 17.2 Å². The summed E-state index contributed by atoms with van der Waals surface area (Å²) in [4.78, 5) is 13.5. The topological polar surface area (TPSA) is 69.2 Å². The minimum atomic E-state index is 0.467. The van der Waals surface area contributed by atoms with Crippen molar-refractivity contribution in [2.45, 2.75) is 67.2 Å². The molecule has 0 saturated heterocycles. The highest BCUT2D eigenvalue weighted by Gasteiger charge is 2.17. The number of pyridine rings is 1. The minimum absolute atomic E-state index is 0.467. The second-order valence-corrected chi connectivity index (χ2v) is 10.4. The van der Waals surface area contributed by atoms with Gasteiger partial charge >= 0.3 is 0 Å². The van der Waals surface area contributed by atoms with Gasteiger partial charge in [-0.25, -0.2) is 9.97 Å². The number of aryl methyl sites for hydroxylation is 3. The van der Waals surface area contributed by atoms with Gasteiger partial charge in [0.25, 0.3) is 0 Å². The standard InChI is InChI=1S/C32H40N4O2/c1-7-9-25-11-14-28-30(31(25)37-19-22(4)16-21(3)8-2)32(35-20-34-28)36-26-12-15-29(23(5)17-26)38-27-13-10-24(6)33-18-27/h10-15,17-18,20-22H,7-9,16,19H2,1-6H3,(H,34,35,36). The Balaban J connectivity index is 1.62. The summed E-state index contributed by atoms with van der Waals surface area (Å²) in [5, 5.41) is 4.45. The van der Waals surface area contributed by atoms with Crippen molar-refractivity contribution in [1.29, 1.82) is 0 Å². The molecular formula is C32H40N4O2. The van der Waals surface area contributed by atoms with E-state index >= 15 is 0 Å². The molecule has 0 spiro atoms. The lowest BCUT2D eigenvalue weighted by Crippen LogP contribution is -2.13. The zero-order valence-electron chi connectivity index (χ0n) is 23.5. The number of nitrogens with zero attached hydrogens (tertiary/aromatic N) is 3. The average molecular weight is 513 g/mol. The normalized spacial score (nSPS) is 12.8. The van der Waals surface area contributed by atoms with Crippen molar-refractivity contribution in [1.82, 2.24) is 15.0 Å². The molecule has 2 heterocycles. The number of hydrogen-bond donors (Lipinski definition) is 1. The smallest absolute Gasteiger partial charge is 0.145 e. The predicted octanol–water partition coefficient (Wildman–Crippen LogP) is 8.58. The van der Waals surface area contributed by atoms with E-state index in [1.165, 1.54) is 12.0 Å². The number of anilines is 2. The fourth-order valence-corrected chi connectivity index (χ4v) is 4.66. The predicted molar refractivity (Wildman–Crippen MR) is 156 cm³/mol. The van der Waals surface area contributed by atoms with E-state index in [2.05, 4.69) is 66.2 Å². The zero-order valence-corrected chi connectivity index (χ0v) is 23.5. The number of ether oxygens (including phenoxy) is 2. The van der Waals surface area contributed by atoms with E-state index in [1.54, 1.807) is 12.5 Å². The number of aromatic nitrogens is 3. The summed E-state index contributed by atoms with van der Waals surface area (Å²) in [5.74, 6) is 4.30. The lowest BCUT2D eigenvalue weighted by Gasteiger charge is -2.20. The molecule has 0 aliphatic carbocycles. The first kappa shape index (κ1) is 27.4. The first-order valence-corrected chi connectivity index (χ1v) is 13.8. The van der Waals surface area contributed by atoms with E-state index in [0.717, 1.165) is 64.4 Å². The van der Waals surface area contributed by atoms with E-state index in [4.69, 9.17) is 9.47 Å². The Morgan fingerprint density at radius 2 is 1.76 bits per heavy atom. The molecule has 2 aromatic carbocycles. The minimum Gasteiger partial charge on any atom is -0.492 e. The molecule has 4 rings (SSSR count). The van der Waals surface area contributed by atoms with Gasteiger partial charge < -0.3 is 14.8 Å². The number of fused-ring (bicyclic) bond motifs is 1. The molecular weight excluding hydrogens is 472 g/mol. The number of benzene rings is 2. The molecule has 0 amide bonds. The van der Waals surface area contributed by atoms with Crippen LogP contribution in [-0.4, -0.2) is 21.6 Å². The Morgan fingerprint density at radius 3 is 2.47 bits per heavy atom. The van der Waals surface area contributed by atoms with Gasteiger partial charge in [0.05, 0.1) is 23.7 Å².